The molecular formula is C21H22N2O4S. The number of amides is 1. The second kappa shape index (κ2) is 9.32. The lowest BCUT2D eigenvalue weighted by atomic mass is 10.2. The summed E-state index contributed by atoms with van der Waals surface area (Å²) in [6, 6.07) is 12.9. The van der Waals surface area contributed by atoms with Crippen LogP contribution < -0.4 is 19.5 Å². The van der Waals surface area contributed by atoms with Crippen LogP contribution in [0, 0.1) is 0 Å². The van der Waals surface area contributed by atoms with Crippen molar-refractivity contribution < 1.29 is 19.0 Å². The van der Waals surface area contributed by atoms with Crippen LogP contribution in [0.25, 0.3) is 6.08 Å². The second-order valence-electron chi connectivity index (χ2n) is 5.75. The van der Waals surface area contributed by atoms with E-state index < -0.39 is 0 Å². The van der Waals surface area contributed by atoms with Gasteiger partial charge in [-0.3, -0.25) is 4.79 Å². The summed E-state index contributed by atoms with van der Waals surface area (Å²) in [4.78, 5) is 17.3. The van der Waals surface area contributed by atoms with Crippen LogP contribution in [0.2, 0.25) is 0 Å². The lowest BCUT2D eigenvalue weighted by Crippen LogP contribution is -2.19. The molecule has 146 valence electrons. The van der Waals surface area contributed by atoms with Crippen LogP contribution in [0.15, 0.2) is 52.4 Å². The summed E-state index contributed by atoms with van der Waals surface area (Å²) in [7, 11) is 1.61. The van der Waals surface area contributed by atoms with E-state index in [2.05, 4.69) is 10.3 Å². The first kappa shape index (κ1) is 19.8. The minimum absolute atomic E-state index is 0.177. The van der Waals surface area contributed by atoms with Crippen LogP contribution in [-0.4, -0.2) is 31.4 Å². The third-order valence-electron chi connectivity index (χ3n) is 3.82. The largest absolute Gasteiger partial charge is 0.497 e. The molecule has 0 saturated carbocycles. The first-order valence-corrected chi connectivity index (χ1v) is 9.78. The van der Waals surface area contributed by atoms with E-state index in [-0.39, 0.29) is 5.91 Å². The quantitative estimate of drug-likeness (QED) is 0.701. The molecular weight excluding hydrogens is 376 g/mol. The van der Waals surface area contributed by atoms with Crippen molar-refractivity contribution in [1.29, 1.82) is 0 Å². The van der Waals surface area contributed by atoms with Crippen LogP contribution in [0.3, 0.4) is 0 Å². The Labute approximate surface area is 168 Å². The van der Waals surface area contributed by atoms with Gasteiger partial charge in [-0.1, -0.05) is 6.07 Å². The summed E-state index contributed by atoms with van der Waals surface area (Å²) in [6.07, 6.45) is 1.81. The molecule has 1 heterocycles. The van der Waals surface area contributed by atoms with Crippen molar-refractivity contribution in [2.75, 3.05) is 20.3 Å². The van der Waals surface area contributed by atoms with Gasteiger partial charge in [0, 0.05) is 0 Å². The number of nitrogens with zero attached hydrogens (tertiary/aromatic N) is 1. The summed E-state index contributed by atoms with van der Waals surface area (Å²) >= 11 is 1.30. The van der Waals surface area contributed by atoms with Crippen LogP contribution >= 0.6 is 11.8 Å². The topological polar surface area (TPSA) is 69.2 Å². The van der Waals surface area contributed by atoms with Gasteiger partial charge in [0.1, 0.15) is 5.75 Å². The van der Waals surface area contributed by atoms with Crippen molar-refractivity contribution in [2.24, 2.45) is 4.99 Å². The molecule has 0 spiro atoms. The molecule has 0 aliphatic carbocycles. The molecule has 1 saturated heterocycles. The molecule has 1 aliphatic rings. The van der Waals surface area contributed by atoms with Gasteiger partial charge in [-0.05, 0) is 73.6 Å². The highest BCUT2D eigenvalue weighted by Crippen LogP contribution is 2.32. The molecule has 0 atom stereocenters. The second-order valence-corrected chi connectivity index (χ2v) is 6.78. The maximum absolute atomic E-state index is 12.3. The Morgan fingerprint density at radius 2 is 1.75 bits per heavy atom. The molecule has 2 aromatic carbocycles. The van der Waals surface area contributed by atoms with Gasteiger partial charge in [0.2, 0.25) is 0 Å². The molecule has 1 aliphatic heterocycles. The first-order valence-electron chi connectivity index (χ1n) is 8.96. The molecule has 3 rings (SSSR count). The third kappa shape index (κ3) is 4.86. The van der Waals surface area contributed by atoms with Crippen molar-refractivity contribution >= 4 is 34.6 Å². The SMILES string of the molecule is CCOc1ccc(/C=C2/SC(=Nc3ccc(OC)cc3)NC2=O)cc1OCC. The third-order valence-corrected chi connectivity index (χ3v) is 4.73. The zero-order valence-electron chi connectivity index (χ0n) is 16.0. The van der Waals surface area contributed by atoms with Crippen molar-refractivity contribution in [1.82, 2.24) is 5.32 Å². The highest BCUT2D eigenvalue weighted by Gasteiger charge is 2.24. The fourth-order valence-corrected chi connectivity index (χ4v) is 3.41. The van der Waals surface area contributed by atoms with Crippen LogP contribution in [0.4, 0.5) is 5.69 Å². The molecule has 28 heavy (non-hydrogen) atoms. The number of ether oxygens (including phenoxy) is 3. The van der Waals surface area contributed by atoms with Crippen molar-refractivity contribution in [3.63, 3.8) is 0 Å². The average Bonchev–Trinajstić information content (AvgIpc) is 3.03. The number of methoxy groups -OCH3 is 1. The van der Waals surface area contributed by atoms with Crippen molar-refractivity contribution in [2.45, 2.75) is 13.8 Å². The van der Waals surface area contributed by atoms with Gasteiger partial charge in [-0.2, -0.15) is 0 Å². The van der Waals surface area contributed by atoms with Crippen LogP contribution in [0.1, 0.15) is 19.4 Å². The Morgan fingerprint density at radius 3 is 2.43 bits per heavy atom. The van der Waals surface area contributed by atoms with Gasteiger partial charge in [0.25, 0.3) is 5.91 Å². The molecule has 0 radical (unpaired) electrons. The molecule has 7 heteroatoms. The summed E-state index contributed by atoms with van der Waals surface area (Å²) in [5, 5.41) is 3.33. The zero-order chi connectivity index (χ0) is 19.9. The maximum atomic E-state index is 12.3. The minimum atomic E-state index is -0.177. The predicted molar refractivity (Wildman–Crippen MR) is 113 cm³/mol. The molecule has 1 N–H and O–H groups in total. The Bertz CT molecular complexity index is 907. The smallest absolute Gasteiger partial charge is 0.264 e. The molecule has 0 bridgehead atoms. The van der Waals surface area contributed by atoms with Crippen molar-refractivity contribution in [3.8, 4) is 17.2 Å². The van der Waals surface area contributed by atoms with Gasteiger partial charge in [-0.15, -0.1) is 0 Å². The van der Waals surface area contributed by atoms with E-state index in [0.29, 0.717) is 34.8 Å². The normalized spacial score (nSPS) is 16.3. The molecule has 0 aromatic heterocycles. The van der Waals surface area contributed by atoms with E-state index in [1.165, 1.54) is 11.8 Å². The van der Waals surface area contributed by atoms with Gasteiger partial charge in [-0.25, -0.2) is 4.99 Å². The molecule has 1 amide bonds. The maximum Gasteiger partial charge on any atom is 0.264 e. The Morgan fingerprint density at radius 1 is 1.04 bits per heavy atom. The summed E-state index contributed by atoms with van der Waals surface area (Å²) in [5.74, 6) is 1.93. The zero-order valence-corrected chi connectivity index (χ0v) is 16.8. The van der Waals surface area contributed by atoms with E-state index in [1.54, 1.807) is 7.11 Å². The monoisotopic (exact) mass is 398 g/mol. The number of carbonyl (C=O) groups is 1. The minimum Gasteiger partial charge on any atom is -0.497 e. The molecule has 0 unspecified atom stereocenters. The molecule has 2 aromatic rings. The van der Waals surface area contributed by atoms with E-state index >= 15 is 0 Å². The Hall–Kier alpha value is -2.93. The lowest BCUT2D eigenvalue weighted by molar-refractivity contribution is -0.115. The highest BCUT2D eigenvalue weighted by molar-refractivity contribution is 8.18. The van der Waals surface area contributed by atoms with Crippen LogP contribution in [-0.2, 0) is 4.79 Å². The lowest BCUT2D eigenvalue weighted by Gasteiger charge is -2.11. The van der Waals surface area contributed by atoms with E-state index in [4.69, 9.17) is 14.2 Å². The number of amidine groups is 1. The number of carbonyl (C=O) groups excluding carboxylic acids is 1. The van der Waals surface area contributed by atoms with Gasteiger partial charge < -0.3 is 19.5 Å². The summed E-state index contributed by atoms with van der Waals surface area (Å²) < 4.78 is 16.4. The number of aliphatic imine (C=N–C) groups is 1. The fourth-order valence-electron chi connectivity index (χ4n) is 2.56. The number of benzene rings is 2. The van der Waals surface area contributed by atoms with E-state index in [1.807, 2.05) is 62.4 Å². The summed E-state index contributed by atoms with van der Waals surface area (Å²) in [6.45, 7) is 4.94. The molecule has 6 nitrogen and oxygen atoms in total. The number of hydrogen-bond acceptors (Lipinski definition) is 6. The first-order chi connectivity index (χ1) is 13.6. The van der Waals surface area contributed by atoms with Gasteiger partial charge >= 0.3 is 0 Å². The predicted octanol–water partition coefficient (Wildman–Crippen LogP) is 4.38. The molecule has 1 fully saturated rings. The van der Waals surface area contributed by atoms with Gasteiger partial charge in [0.05, 0.1) is 30.9 Å². The average molecular weight is 398 g/mol. The standard InChI is InChI=1S/C21H22N2O4S/c1-4-26-17-11-6-14(12-18(17)27-5-2)13-19-20(24)23-21(28-19)22-15-7-9-16(25-3)10-8-15/h6-13H,4-5H2,1-3H3,(H,22,23,24)/b19-13+. The number of hydrogen-bond donors (Lipinski definition) is 1. The number of rotatable bonds is 7. The van der Waals surface area contributed by atoms with Crippen molar-refractivity contribution in [3.05, 3.63) is 52.9 Å². The highest BCUT2D eigenvalue weighted by atomic mass is 32.2. The number of thioether (sulfide) groups is 1. The Kier molecular flexibility index (Phi) is 6.60. The fraction of sp³-hybridized carbons (Fsp3) is 0.238. The van der Waals surface area contributed by atoms with E-state index in [0.717, 1.165) is 17.0 Å². The van der Waals surface area contributed by atoms with Crippen LogP contribution in [0.5, 0.6) is 17.2 Å². The summed E-state index contributed by atoms with van der Waals surface area (Å²) in [5.41, 5.74) is 1.60. The number of nitrogens with one attached hydrogen (secondary N) is 1. The Balaban J connectivity index is 1.79. The van der Waals surface area contributed by atoms with Gasteiger partial charge in [0.15, 0.2) is 16.7 Å². The van der Waals surface area contributed by atoms with E-state index in [9.17, 15) is 4.79 Å².